The molecule has 1 aliphatic heterocycles. The highest BCUT2D eigenvalue weighted by Gasteiger charge is 2.42. The Hall–Kier alpha value is -1.59. The Morgan fingerprint density at radius 3 is 2.64 bits per heavy atom. The van der Waals surface area contributed by atoms with Crippen molar-refractivity contribution < 1.29 is 9.59 Å². The molecule has 2 aliphatic rings. The Labute approximate surface area is 136 Å². The molecular weight excluding hydrogens is 302 g/mol. The van der Waals surface area contributed by atoms with Gasteiger partial charge >= 0.3 is 0 Å². The number of rotatable bonds is 2. The molecule has 2 fully saturated rings. The summed E-state index contributed by atoms with van der Waals surface area (Å²) in [6.45, 7) is 1.54. The van der Waals surface area contributed by atoms with Crippen molar-refractivity contribution in [1.82, 2.24) is 10.2 Å². The molecule has 3 atom stereocenters. The number of nitrogens with one attached hydrogen (secondary N) is 1. The first-order valence-electron chi connectivity index (χ1n) is 7.47. The largest absolute Gasteiger partial charge is 0.355 e. The lowest BCUT2D eigenvalue weighted by molar-refractivity contribution is 0.0779. The topological polar surface area (TPSA) is 75.4 Å². The van der Waals surface area contributed by atoms with E-state index in [-0.39, 0.29) is 30.3 Å². The van der Waals surface area contributed by atoms with Crippen molar-refractivity contribution in [2.24, 2.45) is 17.6 Å². The van der Waals surface area contributed by atoms with E-state index in [1.807, 2.05) is 4.90 Å². The van der Waals surface area contributed by atoms with Crippen molar-refractivity contribution in [3.63, 3.8) is 0 Å². The van der Waals surface area contributed by atoms with E-state index in [1.165, 1.54) is 0 Å². The van der Waals surface area contributed by atoms with Crippen LogP contribution in [0.5, 0.6) is 0 Å². The first kappa shape index (κ1) is 16.8. The smallest absolute Gasteiger partial charge is 0.253 e. The molecule has 3 N–H and O–H groups in total. The molecule has 2 amide bonds. The number of hydrogen-bond donors (Lipinski definition) is 2. The number of benzene rings is 1. The van der Waals surface area contributed by atoms with Gasteiger partial charge in [0, 0.05) is 37.3 Å². The lowest BCUT2D eigenvalue weighted by atomic mass is 9.98. The van der Waals surface area contributed by atoms with E-state index in [0.29, 0.717) is 23.0 Å². The third kappa shape index (κ3) is 2.96. The van der Waals surface area contributed by atoms with Gasteiger partial charge in [0.15, 0.2) is 0 Å². The number of likely N-dealkylation sites (tertiary alicyclic amines) is 1. The second kappa shape index (κ2) is 6.67. The molecule has 0 spiro atoms. The summed E-state index contributed by atoms with van der Waals surface area (Å²) in [4.78, 5) is 26.1. The number of nitrogens with zero attached hydrogens (tertiary/aromatic N) is 1. The van der Waals surface area contributed by atoms with Gasteiger partial charge in [0.1, 0.15) is 0 Å². The van der Waals surface area contributed by atoms with Crippen LogP contribution < -0.4 is 11.1 Å². The van der Waals surface area contributed by atoms with Gasteiger partial charge < -0.3 is 16.0 Å². The molecule has 120 valence electrons. The highest BCUT2D eigenvalue weighted by atomic mass is 35.5. The third-order valence-corrected chi connectivity index (χ3v) is 4.80. The molecule has 0 radical (unpaired) electrons. The summed E-state index contributed by atoms with van der Waals surface area (Å²) in [5.74, 6) is 0.814. The van der Waals surface area contributed by atoms with Crippen LogP contribution in [0.1, 0.15) is 33.6 Å². The number of halogens is 1. The van der Waals surface area contributed by atoms with Gasteiger partial charge in [-0.15, -0.1) is 12.4 Å². The van der Waals surface area contributed by atoms with E-state index in [9.17, 15) is 9.59 Å². The summed E-state index contributed by atoms with van der Waals surface area (Å²) in [5.41, 5.74) is 7.20. The van der Waals surface area contributed by atoms with Gasteiger partial charge in [-0.1, -0.05) is 6.07 Å². The first-order chi connectivity index (χ1) is 10.1. The molecule has 0 aromatic heterocycles. The second-order valence-electron chi connectivity index (χ2n) is 6.04. The molecule has 6 heteroatoms. The van der Waals surface area contributed by atoms with E-state index < -0.39 is 0 Å². The van der Waals surface area contributed by atoms with E-state index >= 15 is 0 Å². The predicted octanol–water partition coefficient (Wildman–Crippen LogP) is 1.28. The standard InChI is InChI=1S/C16H21N3O2.ClH/c1-18-15(20)10-3-2-4-11(7-10)16(21)19-8-12-5-6-14(17)13(12)9-19;/h2-4,7,12-14H,5-6,8-9,17H2,1H3,(H,18,20);1H. The average Bonchev–Trinajstić information content (AvgIpc) is 3.08. The maximum absolute atomic E-state index is 12.6. The summed E-state index contributed by atoms with van der Waals surface area (Å²) < 4.78 is 0. The molecule has 22 heavy (non-hydrogen) atoms. The van der Waals surface area contributed by atoms with E-state index in [2.05, 4.69) is 5.32 Å². The Kier molecular flexibility index (Phi) is 5.08. The van der Waals surface area contributed by atoms with Crippen LogP contribution in [-0.2, 0) is 0 Å². The number of carbonyl (C=O) groups excluding carboxylic acids is 2. The van der Waals surface area contributed by atoms with E-state index in [4.69, 9.17) is 5.73 Å². The van der Waals surface area contributed by atoms with Gasteiger partial charge in [-0.05, 0) is 42.9 Å². The SMILES string of the molecule is CNC(=O)c1cccc(C(=O)N2CC3CCC(N)C3C2)c1.Cl. The zero-order valence-corrected chi connectivity index (χ0v) is 13.4. The van der Waals surface area contributed by atoms with Crippen molar-refractivity contribution in [3.8, 4) is 0 Å². The maximum Gasteiger partial charge on any atom is 0.253 e. The lowest BCUT2D eigenvalue weighted by Crippen LogP contribution is -2.33. The van der Waals surface area contributed by atoms with Gasteiger partial charge in [-0.2, -0.15) is 0 Å². The molecular formula is C16H22ClN3O2. The minimum atomic E-state index is -0.176. The highest BCUT2D eigenvalue weighted by Crippen LogP contribution is 2.37. The van der Waals surface area contributed by atoms with E-state index in [0.717, 1.165) is 25.9 Å². The van der Waals surface area contributed by atoms with Gasteiger partial charge in [0.05, 0.1) is 0 Å². The number of amides is 2. The third-order valence-electron chi connectivity index (χ3n) is 4.80. The van der Waals surface area contributed by atoms with Crippen LogP contribution in [0, 0.1) is 11.8 Å². The summed E-state index contributed by atoms with van der Waals surface area (Å²) in [7, 11) is 1.58. The fourth-order valence-corrected chi connectivity index (χ4v) is 3.59. The fraction of sp³-hybridized carbons (Fsp3) is 0.500. The minimum Gasteiger partial charge on any atom is -0.355 e. The molecule has 3 rings (SSSR count). The van der Waals surface area contributed by atoms with Crippen LogP contribution in [0.3, 0.4) is 0 Å². The summed E-state index contributed by atoms with van der Waals surface area (Å²) in [6, 6.07) is 7.12. The van der Waals surface area contributed by atoms with Crippen molar-refractivity contribution in [3.05, 3.63) is 35.4 Å². The molecule has 1 aromatic carbocycles. The number of hydrogen-bond acceptors (Lipinski definition) is 3. The number of carbonyl (C=O) groups is 2. The van der Waals surface area contributed by atoms with Crippen LogP contribution in [-0.4, -0.2) is 42.9 Å². The van der Waals surface area contributed by atoms with E-state index in [1.54, 1.807) is 31.3 Å². The van der Waals surface area contributed by atoms with Crippen molar-refractivity contribution in [2.75, 3.05) is 20.1 Å². The van der Waals surface area contributed by atoms with Gasteiger partial charge in [-0.3, -0.25) is 9.59 Å². The summed E-state index contributed by atoms with van der Waals surface area (Å²) >= 11 is 0. The maximum atomic E-state index is 12.6. The zero-order valence-electron chi connectivity index (χ0n) is 12.6. The molecule has 1 heterocycles. The van der Waals surface area contributed by atoms with Crippen molar-refractivity contribution in [1.29, 1.82) is 0 Å². The zero-order chi connectivity index (χ0) is 15.0. The monoisotopic (exact) mass is 323 g/mol. The molecule has 1 aliphatic carbocycles. The predicted molar refractivity (Wildman–Crippen MR) is 87.2 cm³/mol. The summed E-state index contributed by atoms with van der Waals surface area (Å²) in [6.07, 6.45) is 2.19. The quantitative estimate of drug-likeness (QED) is 0.861. The van der Waals surface area contributed by atoms with Crippen LogP contribution in [0.25, 0.3) is 0 Å². The minimum absolute atomic E-state index is 0. The Morgan fingerprint density at radius 1 is 1.23 bits per heavy atom. The lowest BCUT2D eigenvalue weighted by Gasteiger charge is -2.19. The second-order valence-corrected chi connectivity index (χ2v) is 6.04. The molecule has 5 nitrogen and oxygen atoms in total. The Morgan fingerprint density at radius 2 is 1.95 bits per heavy atom. The fourth-order valence-electron chi connectivity index (χ4n) is 3.59. The molecule has 0 bridgehead atoms. The van der Waals surface area contributed by atoms with Gasteiger partial charge in [0.2, 0.25) is 0 Å². The van der Waals surface area contributed by atoms with Crippen LogP contribution >= 0.6 is 12.4 Å². The average molecular weight is 324 g/mol. The molecule has 3 unspecified atom stereocenters. The molecule has 1 saturated carbocycles. The Balaban J connectivity index is 0.00000176. The van der Waals surface area contributed by atoms with Gasteiger partial charge in [-0.25, -0.2) is 0 Å². The van der Waals surface area contributed by atoms with Crippen LogP contribution in [0.15, 0.2) is 24.3 Å². The highest BCUT2D eigenvalue weighted by molar-refractivity contribution is 5.99. The van der Waals surface area contributed by atoms with Crippen LogP contribution in [0.4, 0.5) is 0 Å². The van der Waals surface area contributed by atoms with Crippen LogP contribution in [0.2, 0.25) is 0 Å². The number of nitrogens with two attached hydrogens (primary N) is 1. The van der Waals surface area contributed by atoms with Crippen molar-refractivity contribution >= 4 is 24.2 Å². The molecule has 1 aromatic rings. The molecule has 1 saturated heterocycles. The number of fused-ring (bicyclic) bond motifs is 1. The Bertz CT molecular complexity index is 578. The van der Waals surface area contributed by atoms with Gasteiger partial charge in [0.25, 0.3) is 11.8 Å². The summed E-state index contributed by atoms with van der Waals surface area (Å²) in [5, 5.41) is 2.57. The first-order valence-corrected chi connectivity index (χ1v) is 7.47. The normalized spacial score (nSPS) is 26.3. The van der Waals surface area contributed by atoms with Crippen molar-refractivity contribution in [2.45, 2.75) is 18.9 Å².